The zero-order valence-electron chi connectivity index (χ0n) is 12.8. The Morgan fingerprint density at radius 3 is 2.67 bits per heavy atom. The lowest BCUT2D eigenvalue weighted by Gasteiger charge is -2.18. The first kappa shape index (κ1) is 16.1. The standard InChI is InChI=1S/C17H24ClN3/c1-3-10-19-16(8-9-17-20-11-12-21(17)2)13-14-4-6-15(18)7-5-14/h4-7,11-12,16,19H,3,8-10,13H2,1-2H3. The van der Waals surface area contributed by atoms with Crippen LogP contribution in [0.4, 0.5) is 0 Å². The second-order valence-corrected chi connectivity index (χ2v) is 5.91. The summed E-state index contributed by atoms with van der Waals surface area (Å²) in [5.41, 5.74) is 1.33. The molecule has 1 aromatic heterocycles. The summed E-state index contributed by atoms with van der Waals surface area (Å²) in [6.07, 6.45) is 8.14. The van der Waals surface area contributed by atoms with Crippen LogP contribution in [0.1, 0.15) is 31.2 Å². The van der Waals surface area contributed by atoms with Crippen LogP contribution in [-0.2, 0) is 19.9 Å². The molecule has 21 heavy (non-hydrogen) atoms. The molecule has 3 nitrogen and oxygen atoms in total. The number of halogens is 1. The first-order valence-electron chi connectivity index (χ1n) is 7.63. The molecule has 0 saturated carbocycles. The van der Waals surface area contributed by atoms with Gasteiger partial charge in [0.1, 0.15) is 5.82 Å². The molecule has 1 N–H and O–H groups in total. The van der Waals surface area contributed by atoms with Crippen LogP contribution in [0.5, 0.6) is 0 Å². The van der Waals surface area contributed by atoms with Crippen molar-refractivity contribution in [1.29, 1.82) is 0 Å². The van der Waals surface area contributed by atoms with Gasteiger partial charge in [-0.2, -0.15) is 0 Å². The van der Waals surface area contributed by atoms with E-state index in [2.05, 4.69) is 41.0 Å². The number of aryl methyl sites for hydroxylation is 2. The van der Waals surface area contributed by atoms with E-state index < -0.39 is 0 Å². The molecular formula is C17H24ClN3. The van der Waals surface area contributed by atoms with Crippen molar-refractivity contribution in [2.45, 2.75) is 38.6 Å². The summed E-state index contributed by atoms with van der Waals surface area (Å²) in [7, 11) is 2.05. The number of imidazole rings is 1. The Bertz CT molecular complexity index is 533. The van der Waals surface area contributed by atoms with Gasteiger partial charge in [0, 0.05) is 36.9 Å². The van der Waals surface area contributed by atoms with Gasteiger partial charge in [-0.25, -0.2) is 4.98 Å². The van der Waals surface area contributed by atoms with Gasteiger partial charge in [-0.1, -0.05) is 30.7 Å². The predicted molar refractivity (Wildman–Crippen MR) is 88.8 cm³/mol. The van der Waals surface area contributed by atoms with Crippen LogP contribution in [0.3, 0.4) is 0 Å². The largest absolute Gasteiger partial charge is 0.338 e. The van der Waals surface area contributed by atoms with Gasteiger partial charge in [-0.15, -0.1) is 0 Å². The van der Waals surface area contributed by atoms with Crippen molar-refractivity contribution in [2.24, 2.45) is 7.05 Å². The number of rotatable bonds is 8. The fourth-order valence-corrected chi connectivity index (χ4v) is 2.60. The molecule has 0 spiro atoms. The first-order chi connectivity index (χ1) is 10.2. The Labute approximate surface area is 132 Å². The second kappa shape index (κ2) is 8.20. The van der Waals surface area contributed by atoms with Crippen molar-refractivity contribution in [3.8, 4) is 0 Å². The van der Waals surface area contributed by atoms with Crippen molar-refractivity contribution < 1.29 is 0 Å². The van der Waals surface area contributed by atoms with E-state index in [0.29, 0.717) is 6.04 Å². The van der Waals surface area contributed by atoms with Crippen LogP contribution in [0, 0.1) is 0 Å². The van der Waals surface area contributed by atoms with Gasteiger partial charge < -0.3 is 9.88 Å². The Morgan fingerprint density at radius 2 is 2.05 bits per heavy atom. The fourth-order valence-electron chi connectivity index (χ4n) is 2.47. The number of benzene rings is 1. The number of hydrogen-bond acceptors (Lipinski definition) is 2. The van der Waals surface area contributed by atoms with Crippen molar-refractivity contribution in [2.75, 3.05) is 6.54 Å². The van der Waals surface area contributed by atoms with E-state index in [1.54, 1.807) is 0 Å². The highest BCUT2D eigenvalue weighted by molar-refractivity contribution is 6.30. The van der Waals surface area contributed by atoms with Crippen molar-refractivity contribution >= 4 is 11.6 Å². The quantitative estimate of drug-likeness (QED) is 0.807. The zero-order chi connectivity index (χ0) is 15.1. The summed E-state index contributed by atoms with van der Waals surface area (Å²) < 4.78 is 2.10. The van der Waals surface area contributed by atoms with Gasteiger partial charge in [0.05, 0.1) is 0 Å². The molecule has 2 rings (SSSR count). The predicted octanol–water partition coefficient (Wildman–Crippen LogP) is 3.62. The lowest BCUT2D eigenvalue weighted by atomic mass is 10.0. The molecule has 4 heteroatoms. The third kappa shape index (κ3) is 5.18. The van der Waals surface area contributed by atoms with Crippen molar-refractivity contribution in [3.05, 3.63) is 53.1 Å². The molecular weight excluding hydrogens is 282 g/mol. The van der Waals surface area contributed by atoms with Gasteiger partial charge in [-0.05, 0) is 43.5 Å². The fraction of sp³-hybridized carbons (Fsp3) is 0.471. The van der Waals surface area contributed by atoms with Crippen LogP contribution in [0.15, 0.2) is 36.7 Å². The molecule has 0 aliphatic heterocycles. The average molecular weight is 306 g/mol. The molecule has 0 bridgehead atoms. The van der Waals surface area contributed by atoms with Crippen molar-refractivity contribution in [3.63, 3.8) is 0 Å². The smallest absolute Gasteiger partial charge is 0.108 e. The van der Waals surface area contributed by atoms with E-state index >= 15 is 0 Å². The molecule has 1 heterocycles. The van der Waals surface area contributed by atoms with E-state index in [9.17, 15) is 0 Å². The molecule has 0 saturated heterocycles. The summed E-state index contributed by atoms with van der Waals surface area (Å²) >= 11 is 5.95. The van der Waals surface area contributed by atoms with Crippen molar-refractivity contribution in [1.82, 2.24) is 14.9 Å². The van der Waals surface area contributed by atoms with Crippen LogP contribution in [0.25, 0.3) is 0 Å². The summed E-state index contributed by atoms with van der Waals surface area (Å²) in [6, 6.07) is 8.63. The molecule has 0 fully saturated rings. The average Bonchev–Trinajstić information content (AvgIpc) is 2.89. The van der Waals surface area contributed by atoms with Crippen LogP contribution < -0.4 is 5.32 Å². The minimum Gasteiger partial charge on any atom is -0.338 e. The maximum absolute atomic E-state index is 5.95. The number of hydrogen-bond donors (Lipinski definition) is 1. The molecule has 0 amide bonds. The van der Waals surface area contributed by atoms with Gasteiger partial charge >= 0.3 is 0 Å². The van der Waals surface area contributed by atoms with E-state index in [-0.39, 0.29) is 0 Å². The second-order valence-electron chi connectivity index (χ2n) is 5.47. The monoisotopic (exact) mass is 305 g/mol. The Morgan fingerprint density at radius 1 is 1.29 bits per heavy atom. The van der Waals surface area contributed by atoms with Gasteiger partial charge in [-0.3, -0.25) is 0 Å². The summed E-state index contributed by atoms with van der Waals surface area (Å²) in [5, 5.41) is 4.44. The maximum Gasteiger partial charge on any atom is 0.108 e. The molecule has 1 aromatic carbocycles. The van der Waals surface area contributed by atoms with E-state index in [1.807, 2.05) is 24.5 Å². The highest BCUT2D eigenvalue weighted by atomic mass is 35.5. The lowest BCUT2D eigenvalue weighted by Crippen LogP contribution is -2.32. The molecule has 0 aliphatic carbocycles. The highest BCUT2D eigenvalue weighted by Crippen LogP contribution is 2.13. The molecule has 114 valence electrons. The van der Waals surface area contributed by atoms with E-state index in [0.717, 1.165) is 43.1 Å². The summed E-state index contributed by atoms with van der Waals surface area (Å²) in [4.78, 5) is 4.40. The minimum absolute atomic E-state index is 0.475. The van der Waals surface area contributed by atoms with E-state index in [4.69, 9.17) is 11.6 Å². The Hall–Kier alpha value is -1.32. The normalized spacial score (nSPS) is 12.5. The minimum atomic E-state index is 0.475. The Kier molecular flexibility index (Phi) is 6.27. The van der Waals surface area contributed by atoms with Crippen LogP contribution in [0.2, 0.25) is 5.02 Å². The summed E-state index contributed by atoms with van der Waals surface area (Å²) in [6.45, 7) is 3.25. The summed E-state index contributed by atoms with van der Waals surface area (Å²) in [5.74, 6) is 1.15. The van der Waals surface area contributed by atoms with Crippen LogP contribution >= 0.6 is 11.6 Å². The third-order valence-electron chi connectivity index (χ3n) is 3.72. The lowest BCUT2D eigenvalue weighted by molar-refractivity contribution is 0.471. The molecule has 1 atom stereocenters. The maximum atomic E-state index is 5.95. The number of nitrogens with one attached hydrogen (secondary N) is 1. The Balaban J connectivity index is 1.93. The number of nitrogens with zero attached hydrogens (tertiary/aromatic N) is 2. The third-order valence-corrected chi connectivity index (χ3v) is 3.97. The van der Waals surface area contributed by atoms with Crippen LogP contribution in [-0.4, -0.2) is 22.1 Å². The van der Waals surface area contributed by atoms with Gasteiger partial charge in [0.2, 0.25) is 0 Å². The molecule has 0 radical (unpaired) electrons. The molecule has 1 unspecified atom stereocenters. The number of aromatic nitrogens is 2. The van der Waals surface area contributed by atoms with Gasteiger partial charge in [0.15, 0.2) is 0 Å². The van der Waals surface area contributed by atoms with E-state index in [1.165, 1.54) is 5.56 Å². The topological polar surface area (TPSA) is 29.9 Å². The zero-order valence-corrected chi connectivity index (χ0v) is 13.6. The molecule has 2 aromatic rings. The molecule has 0 aliphatic rings. The first-order valence-corrected chi connectivity index (χ1v) is 8.01. The SMILES string of the molecule is CCCNC(CCc1nccn1C)Cc1ccc(Cl)cc1. The van der Waals surface area contributed by atoms with Gasteiger partial charge in [0.25, 0.3) is 0 Å². The highest BCUT2D eigenvalue weighted by Gasteiger charge is 2.11.